The van der Waals surface area contributed by atoms with E-state index in [0.717, 1.165) is 21.8 Å². The molecular weight excluding hydrogens is 416 g/mol. The summed E-state index contributed by atoms with van der Waals surface area (Å²) in [5, 5.41) is 7.51. The molecule has 5 nitrogen and oxygen atoms in total. The first-order chi connectivity index (χ1) is 14.5. The molecule has 0 spiro atoms. The Hall–Kier alpha value is -2.90. The van der Waals surface area contributed by atoms with E-state index in [1.54, 1.807) is 0 Å². The van der Waals surface area contributed by atoms with Gasteiger partial charge in [0.15, 0.2) is 5.11 Å². The average Bonchev–Trinajstić information content (AvgIpc) is 3.18. The molecule has 2 N–H and O–H groups in total. The van der Waals surface area contributed by atoms with Gasteiger partial charge in [-0.05, 0) is 55.4 Å². The van der Waals surface area contributed by atoms with E-state index in [0.29, 0.717) is 22.3 Å². The van der Waals surface area contributed by atoms with Gasteiger partial charge in [-0.25, -0.2) is 4.79 Å². The number of hydrogen-bond acceptors (Lipinski definition) is 5. The monoisotopic (exact) mass is 440 g/mol. The second-order valence-corrected chi connectivity index (χ2v) is 7.99. The minimum atomic E-state index is -0.404. The Bertz CT molecular complexity index is 1000. The van der Waals surface area contributed by atoms with Gasteiger partial charge >= 0.3 is 5.97 Å². The number of carbonyl (C=O) groups is 1. The van der Waals surface area contributed by atoms with Crippen LogP contribution < -0.4 is 15.4 Å². The first-order valence-electron chi connectivity index (χ1n) is 9.59. The molecule has 1 atom stereocenters. The van der Waals surface area contributed by atoms with Crippen LogP contribution in [0.2, 0.25) is 0 Å². The van der Waals surface area contributed by atoms with E-state index in [1.165, 1.54) is 18.4 Å². The van der Waals surface area contributed by atoms with Crippen molar-refractivity contribution in [1.29, 1.82) is 0 Å². The first kappa shape index (κ1) is 21.8. The number of rotatable bonds is 7. The molecule has 0 aliphatic rings. The number of methoxy groups -OCH3 is 1. The first-order valence-corrected chi connectivity index (χ1v) is 10.8. The highest BCUT2D eigenvalue weighted by molar-refractivity contribution is 7.80. The SMILES string of the molecule is CCOc1ccc(C(C)NC(=S)Nc2sc(-c3ccccc3)cc2C(=O)OC)cc1. The van der Waals surface area contributed by atoms with Gasteiger partial charge in [0.05, 0.1) is 25.3 Å². The molecule has 30 heavy (non-hydrogen) atoms. The van der Waals surface area contributed by atoms with E-state index in [9.17, 15) is 4.79 Å². The van der Waals surface area contributed by atoms with Crippen LogP contribution in [0.3, 0.4) is 0 Å². The van der Waals surface area contributed by atoms with Crippen molar-refractivity contribution in [1.82, 2.24) is 5.32 Å². The van der Waals surface area contributed by atoms with E-state index >= 15 is 0 Å². The number of hydrogen-bond donors (Lipinski definition) is 2. The molecule has 2 aromatic carbocycles. The fraction of sp³-hybridized carbons (Fsp3) is 0.217. The van der Waals surface area contributed by atoms with Crippen molar-refractivity contribution in [2.24, 2.45) is 0 Å². The highest BCUT2D eigenvalue weighted by Crippen LogP contribution is 2.36. The maximum Gasteiger partial charge on any atom is 0.340 e. The third kappa shape index (κ3) is 5.37. The lowest BCUT2D eigenvalue weighted by molar-refractivity contribution is 0.0602. The molecule has 3 aromatic rings. The predicted octanol–water partition coefficient (Wildman–Crippen LogP) is 5.65. The summed E-state index contributed by atoms with van der Waals surface area (Å²) >= 11 is 6.95. The fourth-order valence-electron chi connectivity index (χ4n) is 2.93. The van der Waals surface area contributed by atoms with Gasteiger partial charge in [-0.15, -0.1) is 11.3 Å². The number of anilines is 1. The summed E-state index contributed by atoms with van der Waals surface area (Å²) in [5.74, 6) is 0.433. The van der Waals surface area contributed by atoms with E-state index in [1.807, 2.05) is 74.5 Å². The van der Waals surface area contributed by atoms with Crippen LogP contribution in [-0.4, -0.2) is 24.8 Å². The Morgan fingerprint density at radius 2 is 1.83 bits per heavy atom. The summed E-state index contributed by atoms with van der Waals surface area (Å²) in [4.78, 5) is 13.2. The van der Waals surface area contributed by atoms with Crippen molar-refractivity contribution in [3.8, 4) is 16.2 Å². The van der Waals surface area contributed by atoms with Gasteiger partial charge in [0.2, 0.25) is 0 Å². The van der Waals surface area contributed by atoms with Crippen LogP contribution in [0, 0.1) is 0 Å². The normalized spacial score (nSPS) is 11.4. The van der Waals surface area contributed by atoms with Gasteiger partial charge < -0.3 is 20.1 Å². The molecule has 156 valence electrons. The number of carbonyl (C=O) groups excluding carboxylic acids is 1. The minimum absolute atomic E-state index is 0.0178. The Labute approximate surface area is 186 Å². The summed E-state index contributed by atoms with van der Waals surface area (Å²) in [6.07, 6.45) is 0. The zero-order valence-electron chi connectivity index (χ0n) is 17.1. The van der Waals surface area contributed by atoms with Crippen molar-refractivity contribution in [2.45, 2.75) is 19.9 Å². The third-order valence-corrected chi connectivity index (χ3v) is 5.78. The van der Waals surface area contributed by atoms with E-state index in [4.69, 9.17) is 21.7 Å². The van der Waals surface area contributed by atoms with E-state index < -0.39 is 5.97 Å². The summed E-state index contributed by atoms with van der Waals surface area (Å²) in [6.45, 7) is 4.61. The largest absolute Gasteiger partial charge is 0.494 e. The molecule has 1 heterocycles. The molecule has 1 unspecified atom stereocenters. The number of ether oxygens (including phenoxy) is 2. The molecule has 3 rings (SSSR count). The summed E-state index contributed by atoms with van der Waals surface area (Å²) in [5.41, 5.74) is 2.56. The smallest absolute Gasteiger partial charge is 0.340 e. The summed E-state index contributed by atoms with van der Waals surface area (Å²) in [7, 11) is 1.37. The second kappa shape index (κ2) is 10.2. The molecule has 0 aliphatic heterocycles. The maximum atomic E-state index is 12.3. The van der Waals surface area contributed by atoms with Gasteiger partial charge in [-0.1, -0.05) is 42.5 Å². The summed E-state index contributed by atoms with van der Waals surface area (Å²) in [6, 6.07) is 19.6. The molecule has 0 fully saturated rings. The second-order valence-electron chi connectivity index (χ2n) is 6.53. The number of thiophene rings is 1. The molecule has 0 saturated carbocycles. The lowest BCUT2D eigenvalue weighted by atomic mass is 10.1. The van der Waals surface area contributed by atoms with Crippen molar-refractivity contribution in [3.05, 3.63) is 71.8 Å². The topological polar surface area (TPSA) is 59.6 Å². The van der Waals surface area contributed by atoms with E-state index in [-0.39, 0.29) is 6.04 Å². The quantitative estimate of drug-likeness (QED) is 0.366. The predicted molar refractivity (Wildman–Crippen MR) is 126 cm³/mol. The van der Waals surface area contributed by atoms with E-state index in [2.05, 4.69) is 10.6 Å². The molecule has 7 heteroatoms. The Morgan fingerprint density at radius 1 is 1.13 bits per heavy atom. The molecular formula is C23H24N2O3S2. The van der Waals surface area contributed by atoms with Crippen molar-refractivity contribution < 1.29 is 14.3 Å². The number of benzene rings is 2. The van der Waals surface area contributed by atoms with Crippen LogP contribution in [0.4, 0.5) is 5.00 Å². The van der Waals surface area contributed by atoms with Gasteiger partial charge in [0, 0.05) is 4.88 Å². The van der Waals surface area contributed by atoms with Crippen LogP contribution in [0.25, 0.3) is 10.4 Å². The van der Waals surface area contributed by atoms with Gasteiger partial charge in [-0.2, -0.15) is 0 Å². The van der Waals surface area contributed by atoms with Gasteiger partial charge in [0.1, 0.15) is 10.8 Å². The Balaban J connectivity index is 1.73. The molecule has 0 saturated heterocycles. The van der Waals surface area contributed by atoms with Crippen molar-refractivity contribution in [2.75, 3.05) is 19.0 Å². The van der Waals surface area contributed by atoms with Crippen LogP contribution in [-0.2, 0) is 4.74 Å². The summed E-state index contributed by atoms with van der Waals surface area (Å²) < 4.78 is 10.4. The Kier molecular flexibility index (Phi) is 7.43. The molecule has 0 aliphatic carbocycles. The zero-order chi connectivity index (χ0) is 21.5. The van der Waals surface area contributed by atoms with Crippen LogP contribution in [0.5, 0.6) is 5.75 Å². The zero-order valence-corrected chi connectivity index (χ0v) is 18.7. The van der Waals surface area contributed by atoms with Crippen molar-refractivity contribution in [3.63, 3.8) is 0 Å². The maximum absolute atomic E-state index is 12.3. The number of esters is 1. The fourth-order valence-corrected chi connectivity index (χ4v) is 4.33. The number of nitrogens with one attached hydrogen (secondary N) is 2. The molecule has 0 bridgehead atoms. The average molecular weight is 441 g/mol. The lowest BCUT2D eigenvalue weighted by Crippen LogP contribution is -2.31. The van der Waals surface area contributed by atoms with Crippen molar-refractivity contribution >= 4 is 39.6 Å². The highest BCUT2D eigenvalue weighted by Gasteiger charge is 2.19. The third-order valence-electron chi connectivity index (χ3n) is 4.46. The van der Waals surface area contributed by atoms with Crippen LogP contribution in [0.1, 0.15) is 35.8 Å². The van der Waals surface area contributed by atoms with Crippen LogP contribution in [0.15, 0.2) is 60.7 Å². The minimum Gasteiger partial charge on any atom is -0.494 e. The molecule has 0 amide bonds. The van der Waals surface area contributed by atoms with Gasteiger partial charge in [-0.3, -0.25) is 0 Å². The van der Waals surface area contributed by atoms with Crippen LogP contribution >= 0.6 is 23.6 Å². The lowest BCUT2D eigenvalue weighted by Gasteiger charge is -2.17. The molecule has 1 aromatic heterocycles. The molecule has 0 radical (unpaired) electrons. The highest BCUT2D eigenvalue weighted by atomic mass is 32.1. The van der Waals surface area contributed by atoms with Gasteiger partial charge in [0.25, 0.3) is 0 Å². The number of thiocarbonyl (C=S) groups is 1. The standard InChI is InChI=1S/C23H24N2O3S2/c1-4-28-18-12-10-16(11-13-18)15(2)24-23(29)25-21-19(22(26)27-3)14-20(30-21)17-8-6-5-7-9-17/h5-15H,4H2,1-3H3,(H2,24,25,29). The Morgan fingerprint density at radius 3 is 2.47 bits per heavy atom.